The zero-order chi connectivity index (χ0) is 17.0. The predicted molar refractivity (Wildman–Crippen MR) is 88.8 cm³/mol. The van der Waals surface area contributed by atoms with E-state index in [9.17, 15) is 15.2 Å². The van der Waals surface area contributed by atoms with Gasteiger partial charge in [0.25, 0.3) is 5.91 Å². The van der Waals surface area contributed by atoms with Gasteiger partial charge >= 0.3 is 0 Å². The van der Waals surface area contributed by atoms with Gasteiger partial charge < -0.3 is 14.8 Å². The minimum absolute atomic E-state index is 0.0982. The Bertz CT molecular complexity index is 727. The zero-order valence-corrected chi connectivity index (χ0v) is 14.1. The van der Waals surface area contributed by atoms with E-state index in [1.165, 1.54) is 11.8 Å². The highest BCUT2D eigenvalue weighted by atomic mass is 32.2. The first-order valence-electron chi connectivity index (χ1n) is 7.06. The molecule has 2 N–H and O–H groups in total. The Kier molecular flexibility index (Phi) is 5.19. The standard InChI is InChI=1S/C16H19N3O3S/c1-11-13(14(20)18-9-16(2,21)10-23-3)12(8-17)15(22-11)19-6-4-5-7-19/h4-7,21H,9-10H2,1-3H3,(H,18,20). The molecule has 0 bridgehead atoms. The van der Waals surface area contributed by atoms with Crippen LogP contribution in [-0.2, 0) is 0 Å². The Hall–Kier alpha value is -2.17. The molecule has 1 amide bonds. The van der Waals surface area contributed by atoms with Gasteiger partial charge in [-0.15, -0.1) is 0 Å². The van der Waals surface area contributed by atoms with E-state index in [2.05, 4.69) is 5.32 Å². The smallest absolute Gasteiger partial charge is 0.256 e. The molecule has 0 radical (unpaired) electrons. The summed E-state index contributed by atoms with van der Waals surface area (Å²) in [5.74, 6) is 0.753. The van der Waals surface area contributed by atoms with Crippen molar-refractivity contribution in [3.8, 4) is 12.0 Å². The highest BCUT2D eigenvalue weighted by Crippen LogP contribution is 2.25. The lowest BCUT2D eigenvalue weighted by Crippen LogP contribution is -2.42. The Balaban J connectivity index is 2.26. The first kappa shape index (κ1) is 17.2. The van der Waals surface area contributed by atoms with Crippen molar-refractivity contribution in [2.45, 2.75) is 19.4 Å². The van der Waals surface area contributed by atoms with E-state index in [1.54, 1.807) is 42.9 Å². The first-order valence-corrected chi connectivity index (χ1v) is 8.45. The molecule has 7 heteroatoms. The number of thioether (sulfide) groups is 1. The van der Waals surface area contributed by atoms with Crippen LogP contribution in [0.25, 0.3) is 5.88 Å². The molecular weight excluding hydrogens is 314 g/mol. The van der Waals surface area contributed by atoms with Crippen molar-refractivity contribution in [1.29, 1.82) is 5.26 Å². The van der Waals surface area contributed by atoms with Gasteiger partial charge in [0, 0.05) is 24.7 Å². The van der Waals surface area contributed by atoms with E-state index in [0.29, 0.717) is 17.4 Å². The summed E-state index contributed by atoms with van der Waals surface area (Å²) in [6, 6.07) is 5.64. The third kappa shape index (κ3) is 3.78. The van der Waals surface area contributed by atoms with Gasteiger partial charge in [-0.2, -0.15) is 17.0 Å². The number of aliphatic hydroxyl groups is 1. The largest absolute Gasteiger partial charge is 0.443 e. The molecule has 122 valence electrons. The molecule has 6 nitrogen and oxygen atoms in total. The number of carbonyl (C=O) groups is 1. The number of furan rings is 1. The molecule has 0 saturated carbocycles. The van der Waals surface area contributed by atoms with E-state index in [1.807, 2.05) is 12.3 Å². The minimum atomic E-state index is -1.01. The second kappa shape index (κ2) is 6.94. The number of carbonyl (C=O) groups excluding carboxylic acids is 1. The van der Waals surface area contributed by atoms with E-state index >= 15 is 0 Å². The summed E-state index contributed by atoms with van der Waals surface area (Å²) in [6.45, 7) is 3.40. The summed E-state index contributed by atoms with van der Waals surface area (Å²) in [5, 5.41) is 22.2. The molecule has 2 aromatic rings. The summed E-state index contributed by atoms with van der Waals surface area (Å²) in [7, 11) is 0. The maximum atomic E-state index is 12.4. The average molecular weight is 333 g/mol. The van der Waals surface area contributed by atoms with Gasteiger partial charge in [0.1, 0.15) is 23.0 Å². The van der Waals surface area contributed by atoms with Gasteiger partial charge in [-0.05, 0) is 32.2 Å². The number of aryl methyl sites for hydroxylation is 1. The zero-order valence-electron chi connectivity index (χ0n) is 13.3. The van der Waals surface area contributed by atoms with Gasteiger partial charge in [0.2, 0.25) is 5.88 Å². The van der Waals surface area contributed by atoms with Crippen LogP contribution < -0.4 is 5.32 Å². The van der Waals surface area contributed by atoms with Gasteiger partial charge in [0.05, 0.1) is 5.60 Å². The van der Waals surface area contributed by atoms with Crippen molar-refractivity contribution in [3.63, 3.8) is 0 Å². The predicted octanol–water partition coefficient (Wildman–Crippen LogP) is 2.09. The summed E-state index contributed by atoms with van der Waals surface area (Å²) in [4.78, 5) is 12.4. The number of amides is 1. The van der Waals surface area contributed by atoms with Crippen LogP contribution in [0.5, 0.6) is 0 Å². The SMILES string of the molecule is CSCC(C)(O)CNC(=O)c1c(C)oc(-n2cccc2)c1C#N. The number of rotatable bonds is 6. The fraction of sp³-hybridized carbons (Fsp3) is 0.375. The molecule has 0 aliphatic heterocycles. The summed E-state index contributed by atoms with van der Waals surface area (Å²) in [6.07, 6.45) is 5.36. The number of hydrogen-bond donors (Lipinski definition) is 2. The maximum absolute atomic E-state index is 12.4. The van der Waals surface area contributed by atoms with E-state index in [4.69, 9.17) is 4.42 Å². The van der Waals surface area contributed by atoms with Gasteiger partial charge in [0.15, 0.2) is 0 Å². The second-order valence-corrected chi connectivity index (χ2v) is 6.39. The molecule has 23 heavy (non-hydrogen) atoms. The Morgan fingerprint density at radius 2 is 2.17 bits per heavy atom. The molecule has 1 unspecified atom stereocenters. The molecule has 2 aromatic heterocycles. The van der Waals surface area contributed by atoms with Crippen molar-refractivity contribution < 1.29 is 14.3 Å². The van der Waals surface area contributed by atoms with Crippen molar-refractivity contribution in [2.24, 2.45) is 0 Å². The highest BCUT2D eigenvalue weighted by molar-refractivity contribution is 7.98. The number of aromatic nitrogens is 1. The molecule has 0 aromatic carbocycles. The van der Waals surface area contributed by atoms with Crippen molar-refractivity contribution in [1.82, 2.24) is 9.88 Å². The third-order valence-corrected chi connectivity index (χ3v) is 4.24. The van der Waals surface area contributed by atoms with Crippen LogP contribution in [0.1, 0.15) is 28.6 Å². The third-order valence-electron chi connectivity index (χ3n) is 3.33. The number of hydrogen-bond acceptors (Lipinski definition) is 5. The quantitative estimate of drug-likeness (QED) is 0.845. The lowest BCUT2D eigenvalue weighted by atomic mass is 10.1. The van der Waals surface area contributed by atoms with Crippen LogP contribution in [-0.4, -0.2) is 39.7 Å². The van der Waals surface area contributed by atoms with Crippen molar-refractivity contribution >= 4 is 17.7 Å². The molecule has 1 atom stereocenters. The molecule has 2 rings (SSSR count). The highest BCUT2D eigenvalue weighted by Gasteiger charge is 2.27. The van der Waals surface area contributed by atoms with Crippen molar-refractivity contribution in [3.05, 3.63) is 41.4 Å². The topological polar surface area (TPSA) is 91.2 Å². The molecule has 0 spiro atoms. The second-order valence-electron chi connectivity index (χ2n) is 5.53. The van der Waals surface area contributed by atoms with Crippen LogP contribution in [0.15, 0.2) is 28.9 Å². The number of nitrogens with one attached hydrogen (secondary N) is 1. The van der Waals surface area contributed by atoms with Crippen LogP contribution in [0, 0.1) is 18.3 Å². The van der Waals surface area contributed by atoms with Gasteiger partial charge in [-0.1, -0.05) is 0 Å². The summed E-state index contributed by atoms with van der Waals surface area (Å²) < 4.78 is 7.24. The molecule has 0 aliphatic rings. The molecular formula is C16H19N3O3S. The number of nitrogens with zero attached hydrogens (tertiary/aromatic N) is 2. The van der Waals surface area contributed by atoms with E-state index in [0.717, 1.165) is 0 Å². The molecule has 0 saturated heterocycles. The number of nitriles is 1. The van der Waals surface area contributed by atoms with Crippen LogP contribution in [0.2, 0.25) is 0 Å². The minimum Gasteiger partial charge on any atom is -0.443 e. The first-order chi connectivity index (χ1) is 10.9. The Labute approximate surface area is 139 Å². The van der Waals surface area contributed by atoms with Gasteiger partial charge in [-0.25, -0.2) is 0 Å². The summed E-state index contributed by atoms with van der Waals surface area (Å²) in [5.41, 5.74) is -0.625. The molecule has 0 fully saturated rings. The van der Waals surface area contributed by atoms with Crippen LogP contribution in [0.4, 0.5) is 0 Å². The van der Waals surface area contributed by atoms with E-state index < -0.39 is 11.5 Å². The monoisotopic (exact) mass is 333 g/mol. The molecule has 0 aliphatic carbocycles. The Morgan fingerprint density at radius 1 is 1.52 bits per heavy atom. The van der Waals surface area contributed by atoms with E-state index in [-0.39, 0.29) is 17.7 Å². The fourth-order valence-corrected chi connectivity index (χ4v) is 3.00. The van der Waals surface area contributed by atoms with Crippen LogP contribution in [0.3, 0.4) is 0 Å². The fourth-order valence-electron chi connectivity index (χ4n) is 2.28. The normalized spacial score (nSPS) is 13.3. The lowest BCUT2D eigenvalue weighted by molar-refractivity contribution is 0.0724. The maximum Gasteiger partial charge on any atom is 0.256 e. The van der Waals surface area contributed by atoms with Crippen molar-refractivity contribution in [2.75, 3.05) is 18.6 Å². The Morgan fingerprint density at radius 3 is 2.74 bits per heavy atom. The lowest BCUT2D eigenvalue weighted by Gasteiger charge is -2.22. The molecule has 2 heterocycles. The van der Waals surface area contributed by atoms with Crippen LogP contribution >= 0.6 is 11.8 Å². The summed E-state index contributed by atoms with van der Waals surface area (Å²) >= 11 is 1.49. The average Bonchev–Trinajstić information content (AvgIpc) is 3.11. The van der Waals surface area contributed by atoms with Gasteiger partial charge in [-0.3, -0.25) is 9.36 Å².